The third kappa shape index (κ3) is 2.96. The fourth-order valence-corrected chi connectivity index (χ4v) is 4.37. The molecule has 1 unspecified atom stereocenters. The van der Waals surface area contributed by atoms with Gasteiger partial charge in [-0.2, -0.15) is 0 Å². The molecule has 1 saturated heterocycles. The van der Waals surface area contributed by atoms with Crippen molar-refractivity contribution in [3.05, 3.63) is 23.8 Å². The van der Waals surface area contributed by atoms with Gasteiger partial charge in [0.05, 0.1) is 6.04 Å². The fraction of sp³-hybridized carbons (Fsp3) is 0.550. The summed E-state index contributed by atoms with van der Waals surface area (Å²) in [6.45, 7) is 1.77. The minimum absolute atomic E-state index is 0.188. The fourth-order valence-electron chi connectivity index (χ4n) is 4.37. The van der Waals surface area contributed by atoms with E-state index in [2.05, 4.69) is 5.32 Å². The van der Waals surface area contributed by atoms with Crippen LogP contribution in [0.4, 0.5) is 4.79 Å². The van der Waals surface area contributed by atoms with Gasteiger partial charge >= 0.3 is 6.03 Å². The maximum atomic E-state index is 13.0. The van der Waals surface area contributed by atoms with Gasteiger partial charge in [0.25, 0.3) is 5.91 Å². The molecule has 0 aromatic heterocycles. The number of carbonyl (C=O) groups is 3. The van der Waals surface area contributed by atoms with Gasteiger partial charge in [0.2, 0.25) is 12.7 Å². The molecule has 1 spiro atoms. The maximum absolute atomic E-state index is 13.0. The summed E-state index contributed by atoms with van der Waals surface area (Å²) in [5, 5.41) is 2.86. The van der Waals surface area contributed by atoms with Crippen molar-refractivity contribution in [2.24, 2.45) is 0 Å². The van der Waals surface area contributed by atoms with Crippen molar-refractivity contribution in [3.63, 3.8) is 0 Å². The average Bonchev–Trinajstić information content (AvgIpc) is 3.23. The molecule has 1 aliphatic carbocycles. The van der Waals surface area contributed by atoms with E-state index in [-0.39, 0.29) is 31.2 Å². The number of rotatable bonds is 4. The second-order valence-electron chi connectivity index (χ2n) is 7.73. The number of carbonyl (C=O) groups excluding carboxylic acids is 3. The summed E-state index contributed by atoms with van der Waals surface area (Å²) in [5.74, 6) is 0.708. The standard InChI is InChI=1S/C20H25N3O5/c1-13(14-6-7-15-16(10-14)28-12-27-15)21-17(24)11-23-18(25)20(22(2)19(23)26)8-4-3-5-9-20/h6-7,10,13H,3-5,8-9,11-12H2,1-2H3,(H,21,24). The molecular formula is C20H25N3O5. The van der Waals surface area contributed by atoms with E-state index in [1.165, 1.54) is 4.90 Å². The number of nitrogens with one attached hydrogen (secondary N) is 1. The Hall–Kier alpha value is -2.77. The predicted octanol–water partition coefficient (Wildman–Crippen LogP) is 2.19. The van der Waals surface area contributed by atoms with Gasteiger partial charge in [0.15, 0.2) is 11.5 Å². The molecule has 28 heavy (non-hydrogen) atoms. The minimum Gasteiger partial charge on any atom is -0.454 e. The lowest BCUT2D eigenvalue weighted by molar-refractivity contribution is -0.137. The zero-order valence-corrected chi connectivity index (χ0v) is 16.2. The van der Waals surface area contributed by atoms with Crippen LogP contribution in [-0.2, 0) is 9.59 Å². The Balaban J connectivity index is 1.42. The Morgan fingerprint density at radius 3 is 2.64 bits per heavy atom. The third-order valence-electron chi connectivity index (χ3n) is 6.06. The van der Waals surface area contributed by atoms with Crippen molar-refractivity contribution in [3.8, 4) is 11.5 Å². The second kappa shape index (κ2) is 7.00. The topological polar surface area (TPSA) is 88.2 Å². The highest BCUT2D eigenvalue weighted by atomic mass is 16.7. The summed E-state index contributed by atoms with van der Waals surface area (Å²) in [4.78, 5) is 40.8. The van der Waals surface area contributed by atoms with Crippen LogP contribution >= 0.6 is 0 Å². The number of hydrogen-bond donors (Lipinski definition) is 1. The van der Waals surface area contributed by atoms with Gasteiger partial charge in [-0.1, -0.05) is 25.3 Å². The number of hydrogen-bond acceptors (Lipinski definition) is 5. The molecule has 3 aliphatic rings. The zero-order valence-electron chi connectivity index (χ0n) is 16.2. The summed E-state index contributed by atoms with van der Waals surface area (Å²) in [7, 11) is 1.67. The molecule has 0 radical (unpaired) electrons. The largest absolute Gasteiger partial charge is 0.454 e. The summed E-state index contributed by atoms with van der Waals surface area (Å²) in [6, 6.07) is 4.80. The van der Waals surface area contributed by atoms with E-state index in [1.807, 2.05) is 19.1 Å². The van der Waals surface area contributed by atoms with Gasteiger partial charge in [-0.3, -0.25) is 14.5 Å². The van der Waals surface area contributed by atoms with Crippen LogP contribution in [0.25, 0.3) is 0 Å². The number of benzene rings is 1. The molecule has 8 nitrogen and oxygen atoms in total. The molecule has 1 saturated carbocycles. The molecule has 4 rings (SSSR count). The molecule has 2 heterocycles. The minimum atomic E-state index is -0.765. The van der Waals surface area contributed by atoms with E-state index in [1.54, 1.807) is 13.1 Å². The van der Waals surface area contributed by atoms with E-state index in [0.29, 0.717) is 24.3 Å². The van der Waals surface area contributed by atoms with E-state index in [0.717, 1.165) is 29.7 Å². The maximum Gasteiger partial charge on any atom is 0.327 e. The van der Waals surface area contributed by atoms with Crippen LogP contribution < -0.4 is 14.8 Å². The van der Waals surface area contributed by atoms with E-state index in [4.69, 9.17) is 9.47 Å². The lowest BCUT2D eigenvalue weighted by Crippen LogP contribution is -2.49. The number of urea groups is 1. The molecule has 1 atom stereocenters. The smallest absolute Gasteiger partial charge is 0.327 e. The van der Waals surface area contributed by atoms with Crippen LogP contribution in [0, 0.1) is 0 Å². The van der Waals surface area contributed by atoms with Crippen LogP contribution in [-0.4, -0.2) is 53.6 Å². The average molecular weight is 387 g/mol. The highest BCUT2D eigenvalue weighted by Gasteiger charge is 2.55. The zero-order chi connectivity index (χ0) is 19.9. The lowest BCUT2D eigenvalue weighted by Gasteiger charge is -2.35. The first-order chi connectivity index (χ1) is 13.4. The Kier molecular flexibility index (Phi) is 4.64. The van der Waals surface area contributed by atoms with Gasteiger partial charge in [0, 0.05) is 7.05 Å². The van der Waals surface area contributed by atoms with Gasteiger partial charge < -0.3 is 19.7 Å². The van der Waals surface area contributed by atoms with Crippen molar-refractivity contribution in [1.82, 2.24) is 15.1 Å². The molecule has 1 N–H and O–H groups in total. The monoisotopic (exact) mass is 387 g/mol. The number of ether oxygens (including phenoxy) is 2. The van der Waals surface area contributed by atoms with E-state index in [9.17, 15) is 14.4 Å². The summed E-state index contributed by atoms with van der Waals surface area (Å²) in [6.07, 6.45) is 4.25. The Bertz CT molecular complexity index is 818. The summed E-state index contributed by atoms with van der Waals surface area (Å²) in [5.41, 5.74) is 0.0935. The first kappa shape index (κ1) is 18.6. The van der Waals surface area contributed by atoms with Crippen molar-refractivity contribution in [2.75, 3.05) is 20.4 Å². The Labute approximate surface area is 163 Å². The van der Waals surface area contributed by atoms with E-state index >= 15 is 0 Å². The predicted molar refractivity (Wildman–Crippen MR) is 99.8 cm³/mol. The number of likely N-dealkylation sites (N-methyl/N-ethyl adjacent to an activating group) is 1. The van der Waals surface area contributed by atoms with Gasteiger partial charge in [0.1, 0.15) is 12.1 Å². The molecule has 150 valence electrons. The number of fused-ring (bicyclic) bond motifs is 1. The Morgan fingerprint density at radius 2 is 1.89 bits per heavy atom. The summed E-state index contributed by atoms with van der Waals surface area (Å²) >= 11 is 0. The van der Waals surface area contributed by atoms with Crippen molar-refractivity contribution >= 4 is 17.8 Å². The quantitative estimate of drug-likeness (QED) is 0.800. The van der Waals surface area contributed by atoms with Crippen LogP contribution in [0.2, 0.25) is 0 Å². The van der Waals surface area contributed by atoms with Crippen LogP contribution in [0.15, 0.2) is 18.2 Å². The number of amides is 4. The number of nitrogens with zero attached hydrogens (tertiary/aromatic N) is 2. The van der Waals surface area contributed by atoms with Crippen LogP contribution in [0.1, 0.15) is 50.6 Å². The second-order valence-corrected chi connectivity index (χ2v) is 7.73. The molecule has 4 amide bonds. The van der Waals surface area contributed by atoms with Crippen molar-refractivity contribution in [2.45, 2.75) is 50.6 Å². The molecule has 1 aromatic rings. The third-order valence-corrected chi connectivity index (χ3v) is 6.06. The normalized spacial score (nSPS) is 21.4. The van der Waals surface area contributed by atoms with Crippen molar-refractivity contribution in [1.29, 1.82) is 0 Å². The van der Waals surface area contributed by atoms with E-state index < -0.39 is 11.6 Å². The summed E-state index contributed by atoms with van der Waals surface area (Å²) < 4.78 is 10.7. The molecular weight excluding hydrogens is 362 g/mol. The van der Waals surface area contributed by atoms with Crippen LogP contribution in [0.5, 0.6) is 11.5 Å². The molecule has 0 bridgehead atoms. The first-order valence-electron chi connectivity index (χ1n) is 9.71. The van der Waals surface area contributed by atoms with Gasteiger partial charge in [-0.05, 0) is 37.5 Å². The van der Waals surface area contributed by atoms with Gasteiger partial charge in [-0.25, -0.2) is 4.79 Å². The van der Waals surface area contributed by atoms with Gasteiger partial charge in [-0.15, -0.1) is 0 Å². The highest BCUT2D eigenvalue weighted by molar-refractivity contribution is 6.08. The highest BCUT2D eigenvalue weighted by Crippen LogP contribution is 2.39. The van der Waals surface area contributed by atoms with Crippen molar-refractivity contribution < 1.29 is 23.9 Å². The molecule has 8 heteroatoms. The molecule has 1 aromatic carbocycles. The number of imide groups is 1. The SMILES string of the molecule is CC(NC(=O)CN1C(=O)N(C)C2(CCCCC2)C1=O)c1ccc2c(c1)OCO2. The molecule has 2 fully saturated rings. The molecule has 2 aliphatic heterocycles. The Morgan fingerprint density at radius 1 is 1.18 bits per heavy atom. The van der Waals surface area contributed by atoms with Crippen LogP contribution in [0.3, 0.4) is 0 Å². The lowest BCUT2D eigenvalue weighted by atomic mass is 9.81. The first-order valence-corrected chi connectivity index (χ1v) is 9.71.